The van der Waals surface area contributed by atoms with Crippen LogP contribution >= 0.6 is 11.3 Å². The number of aromatic hydroxyl groups is 2. The Morgan fingerprint density at radius 2 is 1.65 bits per heavy atom. The number of oxazole rings is 1. The number of carbonyl (C=O) groups excluding carboxylic acids is 3. The third-order valence-corrected chi connectivity index (χ3v) is 11.4. The van der Waals surface area contributed by atoms with Crippen molar-refractivity contribution in [2.75, 3.05) is 52.8 Å². The third-order valence-electron chi connectivity index (χ3n) is 10.5. The number of aryl methyl sites for hydroxylation is 1. The lowest BCUT2D eigenvalue weighted by molar-refractivity contribution is -0.144. The second-order valence-electron chi connectivity index (χ2n) is 16.3. The SMILES string of the molecule is C=Cc1cc(O)cc2nc(-c3ccc(O)c(OCCOCCOCCOCC(=O)N[C@H](C(=O)N4C[C@H](O)C[C@H]4C(=O)N[C@@H](C)c4ccc(-c5scnc5C)cc4)C(C)(C)C)c3)oc12. The molecule has 1 fully saturated rings. The number of β-amino-alcohol motifs (C(OH)–C–C–N with tert-alkyl or cyclic N) is 1. The number of amides is 3. The molecule has 0 spiro atoms. The lowest BCUT2D eigenvalue weighted by atomic mass is 9.85. The number of aliphatic hydroxyl groups is 1. The molecule has 16 nitrogen and oxygen atoms in total. The minimum Gasteiger partial charge on any atom is -0.508 e. The third kappa shape index (κ3) is 12.0. The molecule has 1 aliphatic heterocycles. The Balaban J connectivity index is 0.882. The molecule has 1 aliphatic rings. The Morgan fingerprint density at radius 1 is 0.968 bits per heavy atom. The lowest BCUT2D eigenvalue weighted by Crippen LogP contribution is -2.58. The first kappa shape index (κ1) is 46.6. The zero-order valence-corrected chi connectivity index (χ0v) is 36.9. The number of hydrogen-bond donors (Lipinski definition) is 5. The zero-order chi connectivity index (χ0) is 45.3. The summed E-state index contributed by atoms with van der Waals surface area (Å²) in [6.07, 6.45) is 0.751. The van der Waals surface area contributed by atoms with E-state index in [2.05, 4.69) is 27.2 Å². The quantitative estimate of drug-likeness (QED) is 0.0587. The number of hydrogen-bond acceptors (Lipinski definition) is 14. The van der Waals surface area contributed by atoms with Gasteiger partial charge in [0.1, 0.15) is 36.6 Å². The topological polar surface area (TPSA) is 215 Å². The number of nitrogens with one attached hydrogen (secondary N) is 2. The standard InChI is InChI=1S/C46H55N5O11S/c1-7-29-20-33(52)22-35-40(29)62-44(49-35)32-12-13-37(54)38(21-32)61-19-18-59-15-14-58-16-17-60-25-39(55)50-42(46(4,5)6)45(57)51-24-34(53)23-36(51)43(56)48-27(2)30-8-10-31(11-9-30)41-28(3)47-26-63-41/h7-13,20-22,26-27,34,36,42,52-54H,1,14-19,23-25H2,2-6H3,(H,48,56)(H,50,55)/t27-,34+,36-,42+/m0/s1. The molecule has 0 bridgehead atoms. The number of benzene rings is 3. The number of carbonyl (C=O) groups is 3. The maximum atomic E-state index is 14.0. The number of aliphatic hydroxyl groups excluding tert-OH is 1. The maximum Gasteiger partial charge on any atom is 0.246 e. The van der Waals surface area contributed by atoms with Crippen LogP contribution < -0.4 is 15.4 Å². The highest BCUT2D eigenvalue weighted by atomic mass is 32.1. The number of ether oxygens (including phenoxy) is 4. The fourth-order valence-corrected chi connectivity index (χ4v) is 7.93. The van der Waals surface area contributed by atoms with Gasteiger partial charge in [0.2, 0.25) is 23.6 Å². The zero-order valence-electron chi connectivity index (χ0n) is 36.1. The Hall–Kier alpha value is -5.85. The van der Waals surface area contributed by atoms with Gasteiger partial charge < -0.3 is 54.2 Å². The molecule has 3 heterocycles. The molecule has 6 rings (SSSR count). The van der Waals surface area contributed by atoms with Gasteiger partial charge in [0.25, 0.3) is 0 Å². The van der Waals surface area contributed by atoms with Gasteiger partial charge >= 0.3 is 0 Å². The van der Waals surface area contributed by atoms with Crippen LogP contribution in [0.15, 0.2) is 71.1 Å². The Kier molecular flexibility index (Phi) is 15.6. The van der Waals surface area contributed by atoms with E-state index in [-0.39, 0.29) is 94.3 Å². The van der Waals surface area contributed by atoms with Gasteiger partial charge in [-0.05, 0) is 54.7 Å². The number of aromatic nitrogens is 2. The number of fused-ring (bicyclic) bond motifs is 1. The summed E-state index contributed by atoms with van der Waals surface area (Å²) in [5.41, 5.74) is 6.07. The molecule has 3 aromatic carbocycles. The molecule has 0 radical (unpaired) electrons. The van der Waals surface area contributed by atoms with Crippen LogP contribution in [-0.4, -0.2) is 119 Å². The van der Waals surface area contributed by atoms with E-state index < -0.39 is 35.4 Å². The molecule has 2 aromatic heterocycles. The normalized spacial score (nSPS) is 16.2. The minimum absolute atomic E-state index is 0.0353. The van der Waals surface area contributed by atoms with Gasteiger partial charge in [-0.15, -0.1) is 11.3 Å². The summed E-state index contributed by atoms with van der Waals surface area (Å²) < 4.78 is 28.3. The van der Waals surface area contributed by atoms with E-state index in [1.54, 1.807) is 29.5 Å². The Labute approximate surface area is 369 Å². The number of likely N-dealkylation sites (tertiary alicyclic amines) is 1. The molecular weight excluding hydrogens is 831 g/mol. The largest absolute Gasteiger partial charge is 0.508 e. The predicted octanol–water partition coefficient (Wildman–Crippen LogP) is 5.78. The smallest absolute Gasteiger partial charge is 0.246 e. The van der Waals surface area contributed by atoms with Crippen molar-refractivity contribution in [3.05, 3.63) is 83.5 Å². The summed E-state index contributed by atoms with van der Waals surface area (Å²) in [5, 5.41) is 36.7. The van der Waals surface area contributed by atoms with Gasteiger partial charge in [-0.3, -0.25) is 14.4 Å². The first-order valence-corrected chi connectivity index (χ1v) is 21.5. The van der Waals surface area contributed by atoms with Crippen molar-refractivity contribution in [2.24, 2.45) is 5.41 Å². The molecule has 0 unspecified atom stereocenters. The number of phenolic OH excluding ortho intramolecular Hbond substituents is 2. The van der Waals surface area contributed by atoms with Crippen LogP contribution in [-0.2, 0) is 28.6 Å². The predicted molar refractivity (Wildman–Crippen MR) is 237 cm³/mol. The van der Waals surface area contributed by atoms with Crippen molar-refractivity contribution in [3.63, 3.8) is 0 Å². The molecule has 0 aliphatic carbocycles. The molecule has 5 N–H and O–H groups in total. The van der Waals surface area contributed by atoms with Crippen molar-refractivity contribution in [2.45, 2.75) is 65.3 Å². The summed E-state index contributed by atoms with van der Waals surface area (Å²) in [7, 11) is 0. The van der Waals surface area contributed by atoms with E-state index in [0.717, 1.165) is 21.7 Å². The van der Waals surface area contributed by atoms with Crippen LogP contribution in [0.4, 0.5) is 0 Å². The fraction of sp³-hybridized carbons (Fsp3) is 0.413. The van der Waals surface area contributed by atoms with Crippen molar-refractivity contribution in [1.29, 1.82) is 0 Å². The van der Waals surface area contributed by atoms with Gasteiger partial charge in [0, 0.05) is 30.2 Å². The second kappa shape index (κ2) is 21.0. The first-order valence-electron chi connectivity index (χ1n) is 20.7. The van der Waals surface area contributed by atoms with Gasteiger partial charge in [-0.2, -0.15) is 0 Å². The lowest BCUT2D eigenvalue weighted by Gasteiger charge is -2.35. The average Bonchev–Trinajstić information content (AvgIpc) is 3.99. The van der Waals surface area contributed by atoms with Crippen LogP contribution in [0, 0.1) is 12.3 Å². The first-order chi connectivity index (χ1) is 30.1. The molecule has 336 valence electrons. The molecule has 3 amide bonds. The maximum absolute atomic E-state index is 14.0. The van der Waals surface area contributed by atoms with Crippen LogP contribution in [0.5, 0.6) is 17.2 Å². The molecular formula is C46H55N5O11S. The van der Waals surface area contributed by atoms with Crippen molar-refractivity contribution in [3.8, 4) is 39.1 Å². The Morgan fingerprint density at radius 3 is 2.32 bits per heavy atom. The van der Waals surface area contributed by atoms with Crippen molar-refractivity contribution >= 4 is 46.2 Å². The molecule has 5 aromatic rings. The number of rotatable bonds is 20. The van der Waals surface area contributed by atoms with E-state index in [1.807, 2.05) is 64.4 Å². The highest BCUT2D eigenvalue weighted by molar-refractivity contribution is 7.13. The van der Waals surface area contributed by atoms with Crippen LogP contribution in [0.3, 0.4) is 0 Å². The van der Waals surface area contributed by atoms with Crippen LogP contribution in [0.25, 0.3) is 39.1 Å². The molecule has 63 heavy (non-hydrogen) atoms. The fourth-order valence-electron chi connectivity index (χ4n) is 7.11. The summed E-state index contributed by atoms with van der Waals surface area (Å²) in [6.45, 7) is 13.8. The summed E-state index contributed by atoms with van der Waals surface area (Å²) in [6, 6.07) is 13.4. The number of nitrogens with zero attached hydrogens (tertiary/aromatic N) is 3. The van der Waals surface area contributed by atoms with Gasteiger partial charge in [-0.1, -0.05) is 57.7 Å². The summed E-state index contributed by atoms with van der Waals surface area (Å²) in [4.78, 5) is 51.8. The van der Waals surface area contributed by atoms with E-state index in [9.17, 15) is 29.7 Å². The van der Waals surface area contributed by atoms with E-state index in [1.165, 1.54) is 23.1 Å². The van der Waals surface area contributed by atoms with E-state index >= 15 is 0 Å². The second-order valence-corrected chi connectivity index (χ2v) is 17.2. The van der Waals surface area contributed by atoms with Gasteiger partial charge in [0.05, 0.1) is 61.3 Å². The minimum atomic E-state index is -0.990. The van der Waals surface area contributed by atoms with Gasteiger partial charge in [-0.25, -0.2) is 9.97 Å². The molecule has 0 saturated carbocycles. The molecule has 4 atom stereocenters. The highest BCUT2D eigenvalue weighted by Crippen LogP contribution is 2.35. The summed E-state index contributed by atoms with van der Waals surface area (Å²) >= 11 is 1.57. The summed E-state index contributed by atoms with van der Waals surface area (Å²) in [5.74, 6) is -0.883. The number of thiazole rings is 1. The van der Waals surface area contributed by atoms with E-state index in [0.29, 0.717) is 22.2 Å². The monoisotopic (exact) mass is 885 g/mol. The van der Waals surface area contributed by atoms with Crippen molar-refractivity contribution < 1.29 is 53.1 Å². The van der Waals surface area contributed by atoms with Gasteiger partial charge in [0.15, 0.2) is 17.1 Å². The average molecular weight is 886 g/mol. The van der Waals surface area contributed by atoms with Crippen LogP contribution in [0.1, 0.15) is 57.0 Å². The number of phenols is 2. The van der Waals surface area contributed by atoms with Crippen LogP contribution in [0.2, 0.25) is 0 Å². The van der Waals surface area contributed by atoms with E-state index in [4.69, 9.17) is 23.4 Å². The molecule has 17 heteroatoms. The van der Waals surface area contributed by atoms with Crippen molar-refractivity contribution in [1.82, 2.24) is 25.5 Å². The molecule has 1 saturated heterocycles. The highest BCUT2D eigenvalue weighted by Gasteiger charge is 2.44. The Bertz CT molecular complexity index is 2370.